The van der Waals surface area contributed by atoms with Crippen LogP contribution in [0, 0.1) is 6.92 Å². The zero-order valence-electron chi connectivity index (χ0n) is 11.7. The maximum atomic E-state index is 11.9. The molecule has 1 N–H and O–H groups in total. The summed E-state index contributed by atoms with van der Waals surface area (Å²) < 4.78 is 11.6. The van der Waals surface area contributed by atoms with Crippen molar-refractivity contribution >= 4 is 28.1 Å². The number of benzene rings is 1. The topological polar surface area (TPSA) is 63.8 Å². The molecule has 1 atom stereocenters. The van der Waals surface area contributed by atoms with E-state index in [4.69, 9.17) is 9.15 Å². The molecular formula is C15H15BrN2O3. The molecule has 0 bridgehead atoms. The monoisotopic (exact) mass is 350 g/mol. The van der Waals surface area contributed by atoms with Crippen molar-refractivity contribution in [3.8, 4) is 5.75 Å². The van der Waals surface area contributed by atoms with E-state index in [1.165, 1.54) is 6.21 Å². The first-order chi connectivity index (χ1) is 10.1. The fraction of sp³-hybridized carbons (Fsp3) is 0.200. The average Bonchev–Trinajstić information content (AvgIpc) is 2.87. The summed E-state index contributed by atoms with van der Waals surface area (Å²) in [6.07, 6.45) is 0.773. The summed E-state index contributed by atoms with van der Waals surface area (Å²) in [5, 5.41) is 3.83. The maximum Gasteiger partial charge on any atom is 0.280 e. The van der Waals surface area contributed by atoms with Crippen LogP contribution in [0.2, 0.25) is 0 Å². The van der Waals surface area contributed by atoms with E-state index in [9.17, 15) is 4.79 Å². The Morgan fingerprint density at radius 3 is 2.81 bits per heavy atom. The molecular weight excluding hydrogens is 336 g/mol. The molecule has 2 rings (SSSR count). The molecule has 0 saturated heterocycles. The number of aryl methyl sites for hydroxylation is 1. The number of hydrogen-bond acceptors (Lipinski definition) is 4. The van der Waals surface area contributed by atoms with Crippen molar-refractivity contribution in [1.82, 2.24) is 5.43 Å². The molecule has 0 radical (unpaired) electrons. The molecule has 0 aliphatic heterocycles. The summed E-state index contributed by atoms with van der Waals surface area (Å²) in [5.41, 5.74) is 2.41. The number of hydrogen-bond donors (Lipinski definition) is 1. The van der Waals surface area contributed by atoms with Gasteiger partial charge in [-0.1, -0.05) is 12.1 Å². The average molecular weight is 351 g/mol. The second-order valence-corrected chi connectivity index (χ2v) is 5.23. The van der Waals surface area contributed by atoms with Crippen molar-refractivity contribution in [3.63, 3.8) is 0 Å². The molecule has 21 heavy (non-hydrogen) atoms. The lowest BCUT2D eigenvalue weighted by atomic mass is 10.3. The highest BCUT2D eigenvalue weighted by molar-refractivity contribution is 9.10. The summed E-state index contributed by atoms with van der Waals surface area (Å²) in [5.74, 6) is 1.62. The first-order valence-electron chi connectivity index (χ1n) is 6.37. The molecule has 0 spiro atoms. The Balaban J connectivity index is 1.88. The second-order valence-electron chi connectivity index (χ2n) is 4.37. The molecule has 0 fully saturated rings. The predicted molar refractivity (Wildman–Crippen MR) is 83.4 cm³/mol. The zero-order chi connectivity index (χ0) is 15.2. The van der Waals surface area contributed by atoms with Gasteiger partial charge in [-0.2, -0.15) is 5.10 Å². The van der Waals surface area contributed by atoms with E-state index in [0.29, 0.717) is 11.5 Å². The van der Waals surface area contributed by atoms with Crippen LogP contribution in [-0.2, 0) is 4.79 Å². The lowest BCUT2D eigenvalue weighted by molar-refractivity contribution is -0.127. The van der Waals surface area contributed by atoms with Crippen molar-refractivity contribution in [2.45, 2.75) is 20.0 Å². The van der Waals surface area contributed by atoms with Crippen LogP contribution < -0.4 is 10.2 Å². The van der Waals surface area contributed by atoms with Gasteiger partial charge in [0.1, 0.15) is 17.3 Å². The van der Waals surface area contributed by atoms with Gasteiger partial charge in [0.2, 0.25) is 0 Å². The van der Waals surface area contributed by atoms with Crippen LogP contribution in [0.1, 0.15) is 18.4 Å². The molecule has 0 saturated carbocycles. The zero-order valence-corrected chi connectivity index (χ0v) is 13.3. The Morgan fingerprint density at radius 2 is 2.14 bits per heavy atom. The SMILES string of the molecule is Cc1ccc(/C=N\NC(=O)[C@@H](C)Oc2ccccc2Br)o1. The van der Waals surface area contributed by atoms with Crippen LogP contribution >= 0.6 is 15.9 Å². The summed E-state index contributed by atoms with van der Waals surface area (Å²) >= 11 is 3.36. The van der Waals surface area contributed by atoms with Crippen LogP contribution in [0.5, 0.6) is 5.75 Å². The van der Waals surface area contributed by atoms with E-state index >= 15 is 0 Å². The maximum absolute atomic E-state index is 11.9. The number of carbonyl (C=O) groups excluding carboxylic acids is 1. The van der Waals surface area contributed by atoms with E-state index in [1.54, 1.807) is 19.1 Å². The van der Waals surface area contributed by atoms with Gasteiger partial charge in [0.15, 0.2) is 6.10 Å². The number of nitrogens with zero attached hydrogens (tertiary/aromatic N) is 1. The van der Waals surface area contributed by atoms with E-state index < -0.39 is 6.10 Å². The normalized spacial score (nSPS) is 12.3. The number of ether oxygens (including phenoxy) is 1. The number of carbonyl (C=O) groups is 1. The minimum absolute atomic E-state index is 0.342. The van der Waals surface area contributed by atoms with Crippen LogP contribution in [0.15, 0.2) is 50.4 Å². The lowest BCUT2D eigenvalue weighted by Gasteiger charge is -2.13. The van der Waals surface area contributed by atoms with Crippen LogP contribution in [-0.4, -0.2) is 18.2 Å². The number of furan rings is 1. The molecule has 2 aromatic rings. The van der Waals surface area contributed by atoms with Crippen molar-refractivity contribution in [1.29, 1.82) is 0 Å². The predicted octanol–water partition coefficient (Wildman–Crippen LogP) is 3.27. The molecule has 110 valence electrons. The molecule has 1 aromatic heterocycles. The first kappa shape index (κ1) is 15.3. The minimum atomic E-state index is -0.667. The molecule has 1 amide bonds. The highest BCUT2D eigenvalue weighted by Gasteiger charge is 2.15. The van der Waals surface area contributed by atoms with E-state index in [1.807, 2.05) is 31.2 Å². The molecule has 1 aromatic carbocycles. The standard InChI is InChI=1S/C15H15BrN2O3/c1-10-7-8-12(20-10)9-17-18-15(19)11(2)21-14-6-4-3-5-13(14)16/h3-9,11H,1-2H3,(H,18,19)/b17-9-/t11-/m1/s1. The molecule has 1 heterocycles. The summed E-state index contributed by atoms with van der Waals surface area (Å²) in [4.78, 5) is 11.9. The highest BCUT2D eigenvalue weighted by Crippen LogP contribution is 2.24. The van der Waals surface area contributed by atoms with Gasteiger partial charge >= 0.3 is 0 Å². The van der Waals surface area contributed by atoms with E-state index in [2.05, 4.69) is 26.5 Å². The quantitative estimate of drug-likeness (QED) is 0.664. The lowest BCUT2D eigenvalue weighted by Crippen LogP contribution is -2.33. The number of hydrazone groups is 1. The van der Waals surface area contributed by atoms with Gasteiger partial charge in [0.25, 0.3) is 5.91 Å². The van der Waals surface area contributed by atoms with Gasteiger partial charge in [0.05, 0.1) is 10.7 Å². The Morgan fingerprint density at radius 1 is 1.38 bits per heavy atom. The smallest absolute Gasteiger partial charge is 0.280 e. The Bertz CT molecular complexity index is 652. The minimum Gasteiger partial charge on any atom is -0.480 e. The highest BCUT2D eigenvalue weighted by atomic mass is 79.9. The van der Waals surface area contributed by atoms with Gasteiger partial charge in [-0.05, 0) is 54.0 Å². The van der Waals surface area contributed by atoms with Crippen molar-refractivity contribution in [3.05, 3.63) is 52.4 Å². The van der Waals surface area contributed by atoms with Gasteiger partial charge in [-0.15, -0.1) is 0 Å². The molecule has 0 aliphatic carbocycles. The molecule has 6 heteroatoms. The van der Waals surface area contributed by atoms with Gasteiger partial charge in [0, 0.05) is 0 Å². The molecule has 0 unspecified atom stereocenters. The Labute approximate surface area is 131 Å². The molecule has 0 aliphatic rings. The largest absolute Gasteiger partial charge is 0.480 e. The number of rotatable bonds is 5. The van der Waals surface area contributed by atoms with Crippen LogP contribution in [0.4, 0.5) is 0 Å². The summed E-state index contributed by atoms with van der Waals surface area (Å²) in [6, 6.07) is 10.9. The Kier molecular flexibility index (Phi) is 5.16. The van der Waals surface area contributed by atoms with Crippen molar-refractivity contribution in [2.24, 2.45) is 5.10 Å². The third-order valence-corrected chi connectivity index (χ3v) is 3.29. The fourth-order valence-electron chi connectivity index (χ4n) is 1.56. The van der Waals surface area contributed by atoms with Crippen molar-refractivity contribution in [2.75, 3.05) is 0 Å². The van der Waals surface area contributed by atoms with Gasteiger partial charge in [-0.3, -0.25) is 4.79 Å². The first-order valence-corrected chi connectivity index (χ1v) is 7.16. The fourth-order valence-corrected chi connectivity index (χ4v) is 1.94. The number of amides is 1. The van der Waals surface area contributed by atoms with Gasteiger partial charge < -0.3 is 9.15 Å². The molecule has 5 nitrogen and oxygen atoms in total. The van der Waals surface area contributed by atoms with E-state index in [-0.39, 0.29) is 5.91 Å². The third kappa shape index (κ3) is 4.46. The van der Waals surface area contributed by atoms with Gasteiger partial charge in [-0.25, -0.2) is 5.43 Å². The van der Waals surface area contributed by atoms with Crippen molar-refractivity contribution < 1.29 is 13.9 Å². The van der Waals surface area contributed by atoms with E-state index in [0.717, 1.165) is 10.2 Å². The van der Waals surface area contributed by atoms with Crippen LogP contribution in [0.3, 0.4) is 0 Å². The Hall–Kier alpha value is -2.08. The third-order valence-electron chi connectivity index (χ3n) is 2.64. The second kappa shape index (κ2) is 7.08. The number of halogens is 1. The number of para-hydroxylation sites is 1. The van der Waals surface area contributed by atoms with Crippen LogP contribution in [0.25, 0.3) is 0 Å². The summed E-state index contributed by atoms with van der Waals surface area (Å²) in [7, 11) is 0. The number of nitrogens with one attached hydrogen (secondary N) is 1. The summed E-state index contributed by atoms with van der Waals surface area (Å²) in [6.45, 7) is 3.49.